The third kappa shape index (κ3) is 1.21. The summed E-state index contributed by atoms with van der Waals surface area (Å²) in [6, 6.07) is 1.75. The number of aromatic nitrogens is 1. The standard InChI is InChI=1S/C6H6BrNO/c1-4-5(3-9)2-6(7)8-4/h2-3,8H,1H3. The topological polar surface area (TPSA) is 32.9 Å². The maximum absolute atomic E-state index is 10.2. The van der Waals surface area contributed by atoms with Crippen molar-refractivity contribution in [3.8, 4) is 0 Å². The molecule has 0 aliphatic carbocycles. The zero-order chi connectivity index (χ0) is 6.85. The molecule has 9 heavy (non-hydrogen) atoms. The lowest BCUT2D eigenvalue weighted by Gasteiger charge is -1.81. The lowest BCUT2D eigenvalue weighted by Crippen LogP contribution is -1.77. The molecule has 0 saturated heterocycles. The highest BCUT2D eigenvalue weighted by Gasteiger charge is 1.98. The van der Waals surface area contributed by atoms with E-state index in [4.69, 9.17) is 0 Å². The molecule has 0 aliphatic rings. The van der Waals surface area contributed by atoms with Gasteiger partial charge in [0.05, 0.1) is 4.60 Å². The second-order valence-corrected chi connectivity index (χ2v) is 2.67. The van der Waals surface area contributed by atoms with Gasteiger partial charge in [-0.25, -0.2) is 0 Å². The average Bonchev–Trinajstić information content (AvgIpc) is 2.10. The Morgan fingerprint density at radius 1 is 1.78 bits per heavy atom. The van der Waals surface area contributed by atoms with Crippen LogP contribution >= 0.6 is 15.9 Å². The fourth-order valence-electron chi connectivity index (χ4n) is 0.655. The highest BCUT2D eigenvalue weighted by atomic mass is 79.9. The van der Waals surface area contributed by atoms with Crippen LogP contribution in [-0.4, -0.2) is 11.3 Å². The van der Waals surface area contributed by atoms with Crippen LogP contribution in [0, 0.1) is 6.92 Å². The van der Waals surface area contributed by atoms with E-state index >= 15 is 0 Å². The quantitative estimate of drug-likeness (QED) is 0.670. The fraction of sp³-hybridized carbons (Fsp3) is 0.167. The molecule has 1 heterocycles. The largest absolute Gasteiger partial charge is 0.353 e. The molecule has 2 nitrogen and oxygen atoms in total. The van der Waals surface area contributed by atoms with Gasteiger partial charge >= 0.3 is 0 Å². The third-order valence-corrected chi connectivity index (χ3v) is 1.58. The average molecular weight is 188 g/mol. The number of carbonyl (C=O) groups excluding carboxylic acids is 1. The van der Waals surface area contributed by atoms with Crippen molar-refractivity contribution in [3.05, 3.63) is 21.9 Å². The first kappa shape index (κ1) is 6.55. The number of aryl methyl sites for hydroxylation is 1. The van der Waals surface area contributed by atoms with Crippen LogP contribution in [-0.2, 0) is 0 Å². The molecule has 0 fully saturated rings. The Balaban J connectivity index is 3.15. The second-order valence-electron chi connectivity index (χ2n) is 1.82. The molecule has 0 bridgehead atoms. The molecule has 0 aliphatic heterocycles. The molecular weight excluding hydrogens is 182 g/mol. The summed E-state index contributed by atoms with van der Waals surface area (Å²) in [5.74, 6) is 0. The van der Waals surface area contributed by atoms with Crippen LogP contribution in [0.2, 0.25) is 0 Å². The lowest BCUT2D eigenvalue weighted by atomic mass is 10.3. The monoisotopic (exact) mass is 187 g/mol. The van der Waals surface area contributed by atoms with Gasteiger partial charge in [0.15, 0.2) is 6.29 Å². The molecule has 0 amide bonds. The van der Waals surface area contributed by atoms with Gasteiger partial charge in [-0.15, -0.1) is 0 Å². The van der Waals surface area contributed by atoms with Crippen molar-refractivity contribution in [2.24, 2.45) is 0 Å². The van der Waals surface area contributed by atoms with E-state index in [2.05, 4.69) is 20.9 Å². The van der Waals surface area contributed by atoms with E-state index < -0.39 is 0 Å². The van der Waals surface area contributed by atoms with Crippen molar-refractivity contribution in [1.29, 1.82) is 0 Å². The number of hydrogen-bond donors (Lipinski definition) is 1. The number of aldehydes is 1. The van der Waals surface area contributed by atoms with Crippen molar-refractivity contribution < 1.29 is 4.79 Å². The Morgan fingerprint density at radius 3 is 2.67 bits per heavy atom. The first-order chi connectivity index (χ1) is 4.24. The van der Waals surface area contributed by atoms with Crippen LogP contribution in [0.5, 0.6) is 0 Å². The maximum Gasteiger partial charge on any atom is 0.151 e. The van der Waals surface area contributed by atoms with Gasteiger partial charge in [0.25, 0.3) is 0 Å². The summed E-state index contributed by atoms with van der Waals surface area (Å²) in [6.07, 6.45) is 0.830. The number of H-pyrrole nitrogens is 1. The molecule has 0 spiro atoms. The highest BCUT2D eigenvalue weighted by molar-refractivity contribution is 9.10. The van der Waals surface area contributed by atoms with Gasteiger partial charge in [0.2, 0.25) is 0 Å². The summed E-state index contributed by atoms with van der Waals surface area (Å²) < 4.78 is 0.849. The van der Waals surface area contributed by atoms with E-state index in [0.717, 1.165) is 16.6 Å². The Labute approximate surface area is 61.4 Å². The van der Waals surface area contributed by atoms with Crippen LogP contribution in [0.15, 0.2) is 10.7 Å². The number of hydrogen-bond acceptors (Lipinski definition) is 1. The van der Waals surface area contributed by atoms with E-state index in [0.29, 0.717) is 5.56 Å². The van der Waals surface area contributed by atoms with Crippen molar-refractivity contribution >= 4 is 22.2 Å². The number of aromatic amines is 1. The Hall–Kier alpha value is -0.570. The fourth-order valence-corrected chi connectivity index (χ4v) is 1.20. The number of halogens is 1. The Morgan fingerprint density at radius 2 is 2.44 bits per heavy atom. The van der Waals surface area contributed by atoms with E-state index in [1.165, 1.54) is 0 Å². The van der Waals surface area contributed by atoms with Crippen LogP contribution in [0.25, 0.3) is 0 Å². The summed E-state index contributed by atoms with van der Waals surface area (Å²) in [7, 11) is 0. The van der Waals surface area contributed by atoms with Gasteiger partial charge in [-0.1, -0.05) is 0 Å². The van der Waals surface area contributed by atoms with Crippen LogP contribution in [0.3, 0.4) is 0 Å². The SMILES string of the molecule is Cc1[nH]c(Br)cc1C=O. The van der Waals surface area contributed by atoms with E-state index in [1.807, 2.05) is 6.92 Å². The summed E-state index contributed by atoms with van der Waals surface area (Å²) in [5.41, 5.74) is 1.61. The molecule has 3 heteroatoms. The van der Waals surface area contributed by atoms with Gasteiger partial charge in [-0.05, 0) is 28.9 Å². The van der Waals surface area contributed by atoms with Gasteiger partial charge in [-0.2, -0.15) is 0 Å². The summed E-state index contributed by atoms with van der Waals surface area (Å²) in [6.45, 7) is 1.86. The normalized spacial score (nSPS) is 9.56. The van der Waals surface area contributed by atoms with E-state index in [1.54, 1.807) is 6.07 Å². The molecular formula is C6H6BrNO. The van der Waals surface area contributed by atoms with Crippen LogP contribution in [0.1, 0.15) is 16.1 Å². The zero-order valence-corrected chi connectivity index (χ0v) is 6.53. The molecule has 48 valence electrons. The lowest BCUT2D eigenvalue weighted by molar-refractivity contribution is 0.112. The van der Waals surface area contributed by atoms with Crippen molar-refractivity contribution in [1.82, 2.24) is 4.98 Å². The predicted molar refractivity (Wildman–Crippen MR) is 38.6 cm³/mol. The molecule has 1 N–H and O–H groups in total. The Bertz CT molecular complexity index is 229. The molecule has 1 rings (SSSR count). The van der Waals surface area contributed by atoms with Gasteiger partial charge in [0.1, 0.15) is 0 Å². The minimum Gasteiger partial charge on any atom is -0.353 e. The maximum atomic E-state index is 10.2. The summed E-state index contributed by atoms with van der Waals surface area (Å²) in [5, 5.41) is 0. The van der Waals surface area contributed by atoms with Crippen molar-refractivity contribution in [3.63, 3.8) is 0 Å². The van der Waals surface area contributed by atoms with Crippen molar-refractivity contribution in [2.75, 3.05) is 0 Å². The molecule has 0 atom stereocenters. The molecule has 1 aromatic rings. The second kappa shape index (κ2) is 2.35. The van der Waals surface area contributed by atoms with Crippen LogP contribution in [0.4, 0.5) is 0 Å². The van der Waals surface area contributed by atoms with Gasteiger partial charge in [0, 0.05) is 11.3 Å². The minimum atomic E-state index is 0.710. The van der Waals surface area contributed by atoms with E-state index in [9.17, 15) is 4.79 Å². The zero-order valence-electron chi connectivity index (χ0n) is 4.94. The number of rotatable bonds is 1. The number of carbonyl (C=O) groups is 1. The summed E-state index contributed by atoms with van der Waals surface area (Å²) in [4.78, 5) is 13.1. The first-order valence-corrected chi connectivity index (χ1v) is 3.33. The smallest absolute Gasteiger partial charge is 0.151 e. The number of nitrogens with one attached hydrogen (secondary N) is 1. The predicted octanol–water partition coefficient (Wildman–Crippen LogP) is 1.90. The summed E-state index contributed by atoms with van der Waals surface area (Å²) >= 11 is 3.21. The van der Waals surface area contributed by atoms with E-state index in [-0.39, 0.29) is 0 Å². The molecule has 0 saturated carbocycles. The Kier molecular flexibility index (Phi) is 1.71. The highest BCUT2D eigenvalue weighted by Crippen LogP contribution is 2.12. The van der Waals surface area contributed by atoms with Gasteiger partial charge < -0.3 is 4.98 Å². The molecule has 1 aromatic heterocycles. The first-order valence-electron chi connectivity index (χ1n) is 2.54. The van der Waals surface area contributed by atoms with Gasteiger partial charge in [-0.3, -0.25) is 4.79 Å². The van der Waals surface area contributed by atoms with Crippen molar-refractivity contribution in [2.45, 2.75) is 6.92 Å². The van der Waals surface area contributed by atoms with Crippen LogP contribution < -0.4 is 0 Å². The minimum absolute atomic E-state index is 0.710. The third-order valence-electron chi connectivity index (χ3n) is 1.15. The molecule has 0 unspecified atom stereocenters. The molecule has 0 radical (unpaired) electrons. The molecule has 0 aromatic carbocycles.